The van der Waals surface area contributed by atoms with E-state index in [9.17, 15) is 9.90 Å². The van der Waals surface area contributed by atoms with Crippen molar-refractivity contribution in [3.63, 3.8) is 0 Å². The Kier molecular flexibility index (Phi) is 4.89. The molecule has 0 aromatic heterocycles. The number of hydrogen-bond donors (Lipinski definition) is 1. The van der Waals surface area contributed by atoms with E-state index in [1.807, 2.05) is 25.1 Å². The molecule has 0 spiro atoms. The maximum absolute atomic E-state index is 12.5. The number of carbonyl (C=O) groups is 1. The van der Waals surface area contributed by atoms with Crippen LogP contribution in [0, 0.1) is 6.92 Å². The summed E-state index contributed by atoms with van der Waals surface area (Å²) in [6, 6.07) is 3.82. The van der Waals surface area contributed by atoms with Crippen LogP contribution in [-0.2, 0) is 10.2 Å². The average Bonchev–Trinajstić information content (AvgIpc) is 2.67. The molecule has 1 aromatic rings. The number of carbonyl (C=O) groups excluding carboxylic acids is 1. The molecule has 0 aliphatic carbocycles. The van der Waals surface area contributed by atoms with Crippen LogP contribution in [0.2, 0.25) is 0 Å². The third-order valence-electron chi connectivity index (χ3n) is 3.60. The molecule has 1 aliphatic heterocycles. The van der Waals surface area contributed by atoms with Crippen molar-refractivity contribution in [3.05, 3.63) is 33.7 Å². The van der Waals surface area contributed by atoms with Crippen LogP contribution in [-0.4, -0.2) is 39.4 Å². The number of hydrogen-bond acceptors (Lipinski definition) is 5. The molecule has 0 bridgehead atoms. The van der Waals surface area contributed by atoms with E-state index in [-0.39, 0.29) is 11.3 Å². The second-order valence-corrected chi connectivity index (χ2v) is 8.50. The Labute approximate surface area is 147 Å². The van der Waals surface area contributed by atoms with Gasteiger partial charge in [0.15, 0.2) is 4.32 Å². The van der Waals surface area contributed by atoms with Crippen molar-refractivity contribution in [2.75, 3.05) is 14.1 Å². The van der Waals surface area contributed by atoms with E-state index in [2.05, 4.69) is 20.8 Å². The van der Waals surface area contributed by atoms with Crippen molar-refractivity contribution < 1.29 is 9.90 Å². The van der Waals surface area contributed by atoms with Crippen LogP contribution >= 0.6 is 24.0 Å². The second kappa shape index (κ2) is 6.26. The van der Waals surface area contributed by atoms with Gasteiger partial charge in [0, 0.05) is 19.7 Å². The summed E-state index contributed by atoms with van der Waals surface area (Å²) in [5.74, 6) is 0.198. The standard InChI is InChI=1S/C17H22N2O2S2/c1-10-7-11(8-12(14(10)20)17(2,3)4)9-13-15(21)19(18(5)6)16(22)23-13/h7-9,20H,1-6H3/b13-9-. The van der Waals surface area contributed by atoms with Gasteiger partial charge in [-0.15, -0.1) is 0 Å². The average molecular weight is 351 g/mol. The number of rotatable bonds is 2. The van der Waals surface area contributed by atoms with Crippen LogP contribution in [0.1, 0.15) is 37.5 Å². The van der Waals surface area contributed by atoms with Crippen LogP contribution in [0.15, 0.2) is 17.0 Å². The first kappa shape index (κ1) is 18.0. The predicted molar refractivity (Wildman–Crippen MR) is 100 cm³/mol. The predicted octanol–water partition coefficient (Wildman–Crippen LogP) is 3.68. The van der Waals surface area contributed by atoms with Gasteiger partial charge in [-0.2, -0.15) is 0 Å². The Hall–Kier alpha value is -1.37. The summed E-state index contributed by atoms with van der Waals surface area (Å²) >= 11 is 6.56. The van der Waals surface area contributed by atoms with Crippen LogP contribution in [0.25, 0.3) is 6.08 Å². The molecule has 4 nitrogen and oxygen atoms in total. The van der Waals surface area contributed by atoms with Crippen LogP contribution in [0.4, 0.5) is 0 Å². The molecule has 6 heteroatoms. The van der Waals surface area contributed by atoms with Gasteiger partial charge >= 0.3 is 0 Å². The lowest BCUT2D eigenvalue weighted by molar-refractivity contribution is -0.130. The molecular weight excluding hydrogens is 328 g/mol. The monoisotopic (exact) mass is 350 g/mol. The first-order valence-electron chi connectivity index (χ1n) is 7.31. The summed E-state index contributed by atoms with van der Waals surface area (Å²) < 4.78 is 0.526. The van der Waals surface area contributed by atoms with E-state index >= 15 is 0 Å². The van der Waals surface area contributed by atoms with Gasteiger partial charge in [-0.05, 0) is 41.7 Å². The number of amides is 1. The number of thioether (sulfide) groups is 1. The molecule has 1 amide bonds. The fourth-order valence-electron chi connectivity index (χ4n) is 2.42. The van der Waals surface area contributed by atoms with E-state index in [1.54, 1.807) is 19.1 Å². The number of aryl methyl sites for hydroxylation is 1. The van der Waals surface area contributed by atoms with Crippen molar-refractivity contribution in [1.29, 1.82) is 0 Å². The summed E-state index contributed by atoms with van der Waals surface area (Å²) in [6.07, 6.45) is 1.84. The highest BCUT2D eigenvalue weighted by Crippen LogP contribution is 2.37. The second-order valence-electron chi connectivity index (χ2n) is 6.82. The third kappa shape index (κ3) is 3.59. The van der Waals surface area contributed by atoms with E-state index < -0.39 is 0 Å². The highest BCUT2D eigenvalue weighted by Gasteiger charge is 2.33. The minimum Gasteiger partial charge on any atom is -0.507 e. The van der Waals surface area contributed by atoms with Crippen molar-refractivity contribution in [3.8, 4) is 5.75 Å². The molecular formula is C17H22N2O2S2. The van der Waals surface area contributed by atoms with Crippen molar-refractivity contribution in [2.45, 2.75) is 33.1 Å². The topological polar surface area (TPSA) is 43.8 Å². The smallest absolute Gasteiger partial charge is 0.280 e. The summed E-state index contributed by atoms with van der Waals surface area (Å²) in [4.78, 5) is 13.0. The summed E-state index contributed by atoms with van der Waals surface area (Å²) in [5.41, 5.74) is 2.38. The molecule has 0 unspecified atom stereocenters. The van der Waals surface area contributed by atoms with E-state index in [0.717, 1.165) is 16.7 Å². The first-order valence-corrected chi connectivity index (χ1v) is 8.54. The number of thiocarbonyl (C=S) groups is 1. The zero-order chi connectivity index (χ0) is 17.5. The zero-order valence-electron chi connectivity index (χ0n) is 14.3. The molecule has 1 saturated heterocycles. The van der Waals surface area contributed by atoms with Crippen molar-refractivity contribution in [1.82, 2.24) is 10.0 Å². The van der Waals surface area contributed by atoms with Gasteiger partial charge in [-0.1, -0.05) is 44.8 Å². The van der Waals surface area contributed by atoms with Gasteiger partial charge in [-0.25, -0.2) is 10.0 Å². The number of hydrazine groups is 1. The van der Waals surface area contributed by atoms with Crippen molar-refractivity contribution in [2.24, 2.45) is 0 Å². The van der Waals surface area contributed by atoms with E-state index in [1.165, 1.54) is 16.8 Å². The minimum atomic E-state index is -0.179. The molecule has 0 saturated carbocycles. The molecule has 1 N–H and O–H groups in total. The molecule has 1 fully saturated rings. The van der Waals surface area contributed by atoms with Crippen LogP contribution in [0.3, 0.4) is 0 Å². The van der Waals surface area contributed by atoms with Gasteiger partial charge in [0.1, 0.15) is 5.75 Å². The Bertz CT molecular complexity index is 703. The lowest BCUT2D eigenvalue weighted by Gasteiger charge is -2.22. The van der Waals surface area contributed by atoms with Crippen molar-refractivity contribution >= 4 is 40.3 Å². The highest BCUT2D eigenvalue weighted by atomic mass is 32.2. The van der Waals surface area contributed by atoms with Crippen LogP contribution in [0.5, 0.6) is 5.75 Å². The molecule has 0 radical (unpaired) electrons. The maximum atomic E-state index is 12.5. The Morgan fingerprint density at radius 3 is 2.39 bits per heavy atom. The Morgan fingerprint density at radius 2 is 1.91 bits per heavy atom. The summed E-state index contributed by atoms with van der Waals surface area (Å²) in [7, 11) is 3.58. The number of phenolic OH excluding ortho intramolecular Hbond substituents is 1. The summed E-state index contributed by atoms with van der Waals surface area (Å²) in [5, 5.41) is 13.5. The van der Waals surface area contributed by atoms with Gasteiger partial charge in [0.25, 0.3) is 5.91 Å². The molecule has 124 valence electrons. The van der Waals surface area contributed by atoms with Gasteiger partial charge in [-0.3, -0.25) is 4.79 Å². The molecule has 1 aromatic carbocycles. The van der Waals surface area contributed by atoms with Crippen LogP contribution < -0.4 is 0 Å². The first-order chi connectivity index (χ1) is 10.5. The fraction of sp³-hybridized carbons (Fsp3) is 0.412. The molecule has 2 rings (SSSR count). The number of benzene rings is 1. The minimum absolute atomic E-state index is 0.118. The zero-order valence-corrected chi connectivity index (χ0v) is 15.9. The Morgan fingerprint density at radius 1 is 1.30 bits per heavy atom. The number of nitrogens with zero attached hydrogens (tertiary/aromatic N) is 2. The molecule has 0 atom stereocenters. The number of aromatic hydroxyl groups is 1. The maximum Gasteiger partial charge on any atom is 0.280 e. The normalized spacial score (nSPS) is 17.7. The Balaban J connectivity index is 2.47. The third-order valence-corrected chi connectivity index (χ3v) is 4.88. The quantitative estimate of drug-likeness (QED) is 0.651. The number of phenols is 1. The molecule has 1 heterocycles. The van der Waals surface area contributed by atoms with Gasteiger partial charge in [0.2, 0.25) is 0 Å². The highest BCUT2D eigenvalue weighted by molar-refractivity contribution is 8.26. The largest absolute Gasteiger partial charge is 0.507 e. The van der Waals surface area contributed by atoms with Gasteiger partial charge < -0.3 is 5.11 Å². The van der Waals surface area contributed by atoms with E-state index in [4.69, 9.17) is 12.2 Å². The molecule has 1 aliphatic rings. The van der Waals surface area contributed by atoms with Gasteiger partial charge in [0.05, 0.1) is 4.91 Å². The van der Waals surface area contributed by atoms with E-state index in [0.29, 0.717) is 15.0 Å². The lowest BCUT2D eigenvalue weighted by atomic mass is 9.84. The lowest BCUT2D eigenvalue weighted by Crippen LogP contribution is -2.39. The summed E-state index contributed by atoms with van der Waals surface area (Å²) in [6.45, 7) is 8.03. The molecule has 23 heavy (non-hydrogen) atoms. The SMILES string of the molecule is Cc1cc(/C=C2\SC(=S)N(N(C)C)C2=O)cc(C(C)(C)C)c1O. The fourth-order valence-corrected chi connectivity index (χ4v) is 3.82.